The van der Waals surface area contributed by atoms with E-state index in [4.69, 9.17) is 9.84 Å². The van der Waals surface area contributed by atoms with Crippen molar-refractivity contribution in [1.82, 2.24) is 4.90 Å². The molecule has 0 radical (unpaired) electrons. The first-order valence-corrected chi connectivity index (χ1v) is 6.97. The maximum Gasteiger partial charge on any atom is 0.338 e. The number of aryl methyl sites for hydroxylation is 1. The highest BCUT2D eigenvalue weighted by atomic mass is 19.1. The van der Waals surface area contributed by atoms with E-state index in [0.717, 1.165) is 11.0 Å². The van der Waals surface area contributed by atoms with Gasteiger partial charge in [0.1, 0.15) is 5.82 Å². The van der Waals surface area contributed by atoms with Crippen molar-refractivity contribution in [1.29, 1.82) is 0 Å². The van der Waals surface area contributed by atoms with E-state index in [1.54, 1.807) is 13.8 Å². The van der Waals surface area contributed by atoms with Gasteiger partial charge in [-0.3, -0.25) is 4.79 Å². The van der Waals surface area contributed by atoms with E-state index in [1.807, 2.05) is 0 Å². The first-order chi connectivity index (χ1) is 10.8. The van der Waals surface area contributed by atoms with Gasteiger partial charge < -0.3 is 20.1 Å². The Morgan fingerprint density at radius 1 is 1.35 bits per heavy atom. The molecule has 0 unspecified atom stereocenters. The van der Waals surface area contributed by atoms with E-state index >= 15 is 0 Å². The summed E-state index contributed by atoms with van der Waals surface area (Å²) in [6, 6.07) is 1.65. The number of ether oxygens (including phenoxy) is 1. The van der Waals surface area contributed by atoms with E-state index in [9.17, 15) is 18.8 Å². The molecule has 1 rings (SSSR count). The third kappa shape index (κ3) is 5.24. The number of esters is 1. The van der Waals surface area contributed by atoms with E-state index in [1.165, 1.54) is 13.1 Å². The molecule has 0 aliphatic rings. The number of amides is 2. The Labute approximate surface area is 133 Å². The summed E-state index contributed by atoms with van der Waals surface area (Å²) in [6.07, 6.45) is -0.228. The number of hydrogen-bond acceptors (Lipinski definition) is 4. The van der Waals surface area contributed by atoms with Crippen LogP contribution in [-0.4, -0.2) is 48.2 Å². The summed E-state index contributed by atoms with van der Waals surface area (Å²) in [5, 5.41) is 10.9. The Balaban J connectivity index is 2.91. The SMILES string of the molecule is CCOC(=O)c1cc(NC(=O)N(C)CCC(=O)O)c(F)cc1C. The first kappa shape index (κ1) is 18.4. The van der Waals surface area contributed by atoms with E-state index in [2.05, 4.69) is 5.32 Å². The van der Waals surface area contributed by atoms with Crippen molar-refractivity contribution in [2.24, 2.45) is 0 Å². The summed E-state index contributed by atoms with van der Waals surface area (Å²) in [5.74, 6) is -2.36. The van der Waals surface area contributed by atoms with Gasteiger partial charge in [-0.2, -0.15) is 0 Å². The van der Waals surface area contributed by atoms with Gasteiger partial charge in [0.05, 0.1) is 24.3 Å². The van der Waals surface area contributed by atoms with Crippen molar-refractivity contribution in [2.75, 3.05) is 25.5 Å². The number of carbonyl (C=O) groups is 3. The van der Waals surface area contributed by atoms with Crippen molar-refractivity contribution in [3.05, 3.63) is 29.1 Å². The smallest absolute Gasteiger partial charge is 0.338 e. The van der Waals surface area contributed by atoms with Gasteiger partial charge in [-0.25, -0.2) is 14.0 Å². The number of rotatable bonds is 6. The second kappa shape index (κ2) is 8.11. The van der Waals surface area contributed by atoms with Gasteiger partial charge in [-0.05, 0) is 31.5 Å². The fraction of sp³-hybridized carbons (Fsp3) is 0.400. The largest absolute Gasteiger partial charge is 0.481 e. The Kier molecular flexibility index (Phi) is 6.49. The molecule has 0 saturated heterocycles. The second-order valence-corrected chi connectivity index (χ2v) is 4.86. The van der Waals surface area contributed by atoms with E-state index in [0.29, 0.717) is 5.56 Å². The molecule has 7 nitrogen and oxygen atoms in total. The maximum atomic E-state index is 13.9. The van der Waals surface area contributed by atoms with Gasteiger partial charge in [0.15, 0.2) is 0 Å². The summed E-state index contributed by atoms with van der Waals surface area (Å²) in [4.78, 5) is 35.3. The zero-order valence-corrected chi connectivity index (χ0v) is 13.2. The van der Waals surface area contributed by atoms with Crippen LogP contribution in [0.1, 0.15) is 29.3 Å². The third-order valence-corrected chi connectivity index (χ3v) is 3.06. The van der Waals surface area contributed by atoms with Crippen molar-refractivity contribution < 1.29 is 28.6 Å². The average molecular weight is 326 g/mol. The monoisotopic (exact) mass is 326 g/mol. The van der Waals surface area contributed by atoms with Gasteiger partial charge in [0.2, 0.25) is 0 Å². The molecule has 0 spiro atoms. The molecule has 2 N–H and O–H groups in total. The number of urea groups is 1. The molecule has 2 amide bonds. The molecule has 1 aromatic carbocycles. The number of nitrogens with one attached hydrogen (secondary N) is 1. The van der Waals surface area contributed by atoms with Crippen molar-refractivity contribution in [3.63, 3.8) is 0 Å². The quantitative estimate of drug-likeness (QED) is 0.782. The summed E-state index contributed by atoms with van der Waals surface area (Å²) in [5.41, 5.74) is 0.362. The van der Waals surface area contributed by atoms with Crippen LogP contribution in [0.15, 0.2) is 12.1 Å². The lowest BCUT2D eigenvalue weighted by Gasteiger charge is -2.18. The van der Waals surface area contributed by atoms with E-state index in [-0.39, 0.29) is 30.8 Å². The van der Waals surface area contributed by atoms with E-state index < -0.39 is 23.8 Å². The number of carboxylic acids is 1. The van der Waals surface area contributed by atoms with Crippen LogP contribution in [0.2, 0.25) is 0 Å². The maximum absolute atomic E-state index is 13.9. The molecule has 23 heavy (non-hydrogen) atoms. The lowest BCUT2D eigenvalue weighted by molar-refractivity contribution is -0.137. The van der Waals surface area contributed by atoms with Gasteiger partial charge in [-0.15, -0.1) is 0 Å². The van der Waals surface area contributed by atoms with Crippen LogP contribution in [0.4, 0.5) is 14.9 Å². The van der Waals surface area contributed by atoms with Crippen molar-refractivity contribution >= 4 is 23.7 Å². The highest BCUT2D eigenvalue weighted by Crippen LogP contribution is 2.21. The Morgan fingerprint density at radius 2 is 2.00 bits per heavy atom. The van der Waals surface area contributed by atoms with Crippen LogP contribution in [-0.2, 0) is 9.53 Å². The highest BCUT2D eigenvalue weighted by molar-refractivity contribution is 5.95. The van der Waals surface area contributed by atoms with Gasteiger partial charge in [0.25, 0.3) is 0 Å². The average Bonchev–Trinajstić information content (AvgIpc) is 2.47. The number of hydrogen-bond donors (Lipinski definition) is 2. The molecular weight excluding hydrogens is 307 g/mol. The number of aliphatic carboxylic acids is 1. The fourth-order valence-corrected chi connectivity index (χ4v) is 1.77. The topological polar surface area (TPSA) is 95.9 Å². The number of nitrogens with zero attached hydrogens (tertiary/aromatic N) is 1. The molecule has 0 atom stereocenters. The van der Waals surface area contributed by atoms with Crippen molar-refractivity contribution in [2.45, 2.75) is 20.3 Å². The minimum absolute atomic E-state index is 0.0284. The predicted octanol–water partition coefficient (Wildman–Crippen LogP) is 2.25. The Morgan fingerprint density at radius 3 is 2.57 bits per heavy atom. The minimum atomic E-state index is -1.05. The lowest BCUT2D eigenvalue weighted by atomic mass is 10.1. The molecule has 0 heterocycles. The van der Waals surface area contributed by atoms with Crippen LogP contribution in [0.3, 0.4) is 0 Å². The normalized spacial score (nSPS) is 10.1. The lowest BCUT2D eigenvalue weighted by Crippen LogP contribution is -2.33. The zero-order chi connectivity index (χ0) is 17.6. The molecule has 126 valence electrons. The van der Waals surface area contributed by atoms with Crippen LogP contribution in [0.25, 0.3) is 0 Å². The fourth-order valence-electron chi connectivity index (χ4n) is 1.77. The molecule has 0 saturated carbocycles. The van der Waals surface area contributed by atoms with Crippen LogP contribution in [0, 0.1) is 12.7 Å². The number of anilines is 1. The van der Waals surface area contributed by atoms with Crippen LogP contribution < -0.4 is 5.32 Å². The number of carboxylic acid groups (broad SMARTS) is 1. The molecule has 0 aromatic heterocycles. The van der Waals surface area contributed by atoms with Crippen molar-refractivity contribution in [3.8, 4) is 0 Å². The molecule has 0 fully saturated rings. The molecule has 0 aliphatic heterocycles. The molecule has 1 aromatic rings. The molecule has 0 aliphatic carbocycles. The predicted molar refractivity (Wildman–Crippen MR) is 81.0 cm³/mol. The second-order valence-electron chi connectivity index (χ2n) is 4.86. The summed E-state index contributed by atoms with van der Waals surface area (Å²) < 4.78 is 18.8. The first-order valence-electron chi connectivity index (χ1n) is 6.97. The highest BCUT2D eigenvalue weighted by Gasteiger charge is 2.17. The van der Waals surface area contributed by atoms with Gasteiger partial charge >= 0.3 is 18.0 Å². The molecular formula is C15H19FN2O5. The third-order valence-electron chi connectivity index (χ3n) is 3.06. The number of halogens is 1. The Hall–Kier alpha value is -2.64. The number of carbonyl (C=O) groups excluding carboxylic acids is 2. The minimum Gasteiger partial charge on any atom is -0.481 e. The standard InChI is InChI=1S/C15H19FN2O5/c1-4-23-14(21)10-8-12(11(16)7-9(10)2)17-15(22)18(3)6-5-13(19)20/h7-8H,4-6H2,1-3H3,(H,17,22)(H,19,20). The molecule has 0 bridgehead atoms. The summed E-state index contributed by atoms with van der Waals surface area (Å²) in [6.45, 7) is 3.35. The van der Waals surface area contributed by atoms with Crippen LogP contribution in [0.5, 0.6) is 0 Å². The molecule has 8 heteroatoms. The summed E-state index contributed by atoms with van der Waals surface area (Å²) in [7, 11) is 1.39. The zero-order valence-electron chi connectivity index (χ0n) is 13.2. The van der Waals surface area contributed by atoms with Crippen LogP contribution >= 0.6 is 0 Å². The summed E-state index contributed by atoms with van der Waals surface area (Å²) >= 11 is 0. The van der Waals surface area contributed by atoms with Gasteiger partial charge in [0, 0.05) is 13.6 Å². The Bertz CT molecular complexity index is 618. The number of benzene rings is 1. The van der Waals surface area contributed by atoms with Gasteiger partial charge in [-0.1, -0.05) is 0 Å².